The SMILES string of the molecule is CCOc1ccc(CC(C)C(C)=O)cc1F. The molecular weight excluding hydrogens is 207 g/mol. The van der Waals surface area contributed by atoms with Gasteiger partial charge in [-0.25, -0.2) is 4.39 Å². The molecule has 1 aromatic carbocycles. The second-order valence-electron chi connectivity index (χ2n) is 3.91. The molecule has 3 heteroatoms. The molecule has 88 valence electrons. The summed E-state index contributed by atoms with van der Waals surface area (Å²) in [6.45, 7) is 5.65. The number of carbonyl (C=O) groups excluding carboxylic acids is 1. The van der Waals surface area contributed by atoms with Gasteiger partial charge < -0.3 is 4.74 Å². The number of benzene rings is 1. The van der Waals surface area contributed by atoms with Crippen LogP contribution in [0.1, 0.15) is 26.3 Å². The van der Waals surface area contributed by atoms with Gasteiger partial charge in [0.2, 0.25) is 0 Å². The maximum atomic E-state index is 13.5. The third-order valence-electron chi connectivity index (χ3n) is 2.53. The van der Waals surface area contributed by atoms with E-state index in [0.717, 1.165) is 5.56 Å². The molecular formula is C13H17FO2. The summed E-state index contributed by atoms with van der Waals surface area (Å²) in [5.74, 6) is -0.0523. The van der Waals surface area contributed by atoms with Crippen molar-refractivity contribution in [1.82, 2.24) is 0 Å². The molecule has 0 aliphatic carbocycles. The number of hydrogen-bond acceptors (Lipinski definition) is 2. The molecule has 0 amide bonds. The van der Waals surface area contributed by atoms with Crippen molar-refractivity contribution in [2.75, 3.05) is 6.61 Å². The Morgan fingerprint density at radius 3 is 2.69 bits per heavy atom. The van der Waals surface area contributed by atoms with Gasteiger partial charge in [0.05, 0.1) is 6.61 Å². The first-order valence-electron chi connectivity index (χ1n) is 5.46. The summed E-state index contributed by atoms with van der Waals surface area (Å²) in [6.07, 6.45) is 0.568. The molecule has 0 saturated heterocycles. The summed E-state index contributed by atoms with van der Waals surface area (Å²) in [5.41, 5.74) is 0.823. The molecule has 0 fully saturated rings. The normalized spacial score (nSPS) is 12.2. The van der Waals surface area contributed by atoms with Crippen LogP contribution < -0.4 is 4.74 Å². The number of ether oxygens (including phenoxy) is 1. The second-order valence-corrected chi connectivity index (χ2v) is 3.91. The van der Waals surface area contributed by atoms with E-state index in [4.69, 9.17) is 4.74 Å². The van der Waals surface area contributed by atoms with Crippen molar-refractivity contribution in [3.8, 4) is 5.75 Å². The number of halogens is 1. The van der Waals surface area contributed by atoms with Gasteiger partial charge in [-0.15, -0.1) is 0 Å². The Bertz CT molecular complexity index is 374. The molecule has 0 spiro atoms. The van der Waals surface area contributed by atoms with E-state index in [1.807, 2.05) is 13.8 Å². The van der Waals surface area contributed by atoms with E-state index >= 15 is 0 Å². The molecule has 2 nitrogen and oxygen atoms in total. The van der Waals surface area contributed by atoms with E-state index in [9.17, 15) is 9.18 Å². The lowest BCUT2D eigenvalue weighted by Gasteiger charge is -2.09. The Labute approximate surface area is 95.4 Å². The Kier molecular flexibility index (Phi) is 4.47. The molecule has 16 heavy (non-hydrogen) atoms. The Morgan fingerprint density at radius 2 is 2.19 bits per heavy atom. The lowest BCUT2D eigenvalue weighted by molar-refractivity contribution is -0.120. The predicted molar refractivity (Wildman–Crippen MR) is 61.1 cm³/mol. The van der Waals surface area contributed by atoms with Crippen LogP contribution in [0.3, 0.4) is 0 Å². The highest BCUT2D eigenvalue weighted by Crippen LogP contribution is 2.20. The monoisotopic (exact) mass is 224 g/mol. The molecule has 0 radical (unpaired) electrons. The summed E-state index contributed by atoms with van der Waals surface area (Å²) in [5, 5.41) is 0. The van der Waals surface area contributed by atoms with Crippen LogP contribution in [0.5, 0.6) is 5.75 Å². The van der Waals surface area contributed by atoms with Gasteiger partial charge in [-0.05, 0) is 38.0 Å². The fourth-order valence-electron chi connectivity index (χ4n) is 1.44. The van der Waals surface area contributed by atoms with E-state index in [-0.39, 0.29) is 23.3 Å². The molecule has 0 aliphatic heterocycles. The van der Waals surface area contributed by atoms with Crippen LogP contribution >= 0.6 is 0 Å². The maximum Gasteiger partial charge on any atom is 0.165 e. The van der Waals surface area contributed by atoms with Crippen LogP contribution in [0.4, 0.5) is 4.39 Å². The van der Waals surface area contributed by atoms with Gasteiger partial charge in [0.25, 0.3) is 0 Å². The van der Waals surface area contributed by atoms with E-state index in [2.05, 4.69) is 0 Å². The summed E-state index contributed by atoms with van der Waals surface area (Å²) in [7, 11) is 0. The van der Waals surface area contributed by atoms with Crippen molar-refractivity contribution in [3.63, 3.8) is 0 Å². The number of rotatable bonds is 5. The van der Waals surface area contributed by atoms with Crippen molar-refractivity contribution in [1.29, 1.82) is 0 Å². The Hall–Kier alpha value is -1.38. The van der Waals surface area contributed by atoms with Crippen molar-refractivity contribution in [2.45, 2.75) is 27.2 Å². The highest BCUT2D eigenvalue weighted by Gasteiger charge is 2.10. The summed E-state index contributed by atoms with van der Waals surface area (Å²) >= 11 is 0. The predicted octanol–water partition coefficient (Wildman–Crippen LogP) is 2.99. The Morgan fingerprint density at radius 1 is 1.50 bits per heavy atom. The van der Waals surface area contributed by atoms with E-state index in [1.165, 1.54) is 6.07 Å². The smallest absolute Gasteiger partial charge is 0.165 e. The maximum absolute atomic E-state index is 13.5. The highest BCUT2D eigenvalue weighted by molar-refractivity contribution is 5.78. The zero-order valence-corrected chi connectivity index (χ0v) is 9.92. The highest BCUT2D eigenvalue weighted by atomic mass is 19.1. The minimum atomic E-state index is -0.366. The fourth-order valence-corrected chi connectivity index (χ4v) is 1.44. The summed E-state index contributed by atoms with van der Waals surface area (Å²) in [6, 6.07) is 4.85. The Balaban J connectivity index is 2.77. The molecule has 0 aliphatic rings. The molecule has 0 N–H and O–H groups in total. The first-order valence-corrected chi connectivity index (χ1v) is 5.46. The van der Waals surface area contributed by atoms with Crippen LogP contribution in [0.25, 0.3) is 0 Å². The molecule has 0 saturated carbocycles. The summed E-state index contributed by atoms with van der Waals surface area (Å²) < 4.78 is 18.6. The topological polar surface area (TPSA) is 26.3 Å². The van der Waals surface area contributed by atoms with Gasteiger partial charge in [0.1, 0.15) is 5.78 Å². The van der Waals surface area contributed by atoms with E-state index in [1.54, 1.807) is 19.1 Å². The number of carbonyl (C=O) groups is 1. The van der Waals surface area contributed by atoms with Crippen LogP contribution in [0.15, 0.2) is 18.2 Å². The molecule has 0 heterocycles. The number of hydrogen-bond donors (Lipinski definition) is 0. The van der Waals surface area contributed by atoms with Crippen molar-refractivity contribution in [2.24, 2.45) is 5.92 Å². The van der Waals surface area contributed by atoms with Crippen LogP contribution in [-0.4, -0.2) is 12.4 Å². The van der Waals surface area contributed by atoms with Gasteiger partial charge in [0.15, 0.2) is 11.6 Å². The van der Waals surface area contributed by atoms with Crippen molar-refractivity contribution < 1.29 is 13.9 Å². The third kappa shape index (κ3) is 3.33. The van der Waals surface area contributed by atoms with E-state index < -0.39 is 0 Å². The zero-order valence-electron chi connectivity index (χ0n) is 9.92. The van der Waals surface area contributed by atoms with Crippen molar-refractivity contribution in [3.05, 3.63) is 29.6 Å². The standard InChI is InChI=1S/C13H17FO2/c1-4-16-13-6-5-11(8-12(13)14)7-9(2)10(3)15/h5-6,8-9H,4,7H2,1-3H3. The fraction of sp³-hybridized carbons (Fsp3) is 0.462. The minimum absolute atomic E-state index is 0.0719. The third-order valence-corrected chi connectivity index (χ3v) is 2.53. The van der Waals surface area contributed by atoms with Gasteiger partial charge >= 0.3 is 0 Å². The summed E-state index contributed by atoms with van der Waals surface area (Å²) in [4.78, 5) is 11.1. The lowest BCUT2D eigenvalue weighted by atomic mass is 9.98. The van der Waals surface area contributed by atoms with Crippen LogP contribution in [0, 0.1) is 11.7 Å². The van der Waals surface area contributed by atoms with Crippen LogP contribution in [0.2, 0.25) is 0 Å². The van der Waals surface area contributed by atoms with Gasteiger partial charge in [-0.3, -0.25) is 4.79 Å². The average Bonchev–Trinajstić information content (AvgIpc) is 2.22. The average molecular weight is 224 g/mol. The molecule has 1 aromatic rings. The van der Waals surface area contributed by atoms with Gasteiger partial charge in [-0.1, -0.05) is 13.0 Å². The minimum Gasteiger partial charge on any atom is -0.491 e. The molecule has 1 atom stereocenters. The van der Waals surface area contributed by atoms with Gasteiger partial charge in [-0.2, -0.15) is 0 Å². The molecule has 1 unspecified atom stereocenters. The first-order chi connectivity index (χ1) is 7.54. The molecule has 0 aromatic heterocycles. The number of ketones is 1. The van der Waals surface area contributed by atoms with E-state index in [0.29, 0.717) is 13.0 Å². The van der Waals surface area contributed by atoms with Crippen molar-refractivity contribution >= 4 is 5.78 Å². The second kappa shape index (κ2) is 5.64. The quantitative estimate of drug-likeness (QED) is 0.768. The number of Topliss-reactive ketones (excluding diaryl/α,β-unsaturated/α-hetero) is 1. The van der Waals surface area contributed by atoms with Crippen LogP contribution in [-0.2, 0) is 11.2 Å². The molecule has 0 bridgehead atoms. The first kappa shape index (κ1) is 12.7. The van der Waals surface area contributed by atoms with Gasteiger partial charge in [0, 0.05) is 5.92 Å². The largest absolute Gasteiger partial charge is 0.491 e. The lowest BCUT2D eigenvalue weighted by Crippen LogP contribution is -2.09. The molecule has 1 rings (SSSR count). The zero-order chi connectivity index (χ0) is 12.1.